The second-order valence-electron chi connectivity index (χ2n) is 5.33. The van der Waals surface area contributed by atoms with Crippen LogP contribution in [-0.4, -0.2) is 19.5 Å². The Bertz CT molecular complexity index is 684. The Kier molecular flexibility index (Phi) is 3.60. The molecule has 0 atom stereocenters. The maximum Gasteiger partial charge on any atom is 0.228 e. The lowest BCUT2D eigenvalue weighted by molar-refractivity contribution is -0.115. The van der Waals surface area contributed by atoms with Gasteiger partial charge in [-0.05, 0) is 41.8 Å². The number of nitrogens with zero attached hydrogens (tertiary/aromatic N) is 1. The SMILES string of the molecule is CN1CCc2cc(NC(=O)Cc3ccccc3F)ccc21. The number of nitrogens with one attached hydrogen (secondary N) is 1. The summed E-state index contributed by atoms with van der Waals surface area (Å²) in [5.74, 6) is -0.547. The molecule has 0 spiro atoms. The second kappa shape index (κ2) is 5.56. The van der Waals surface area contributed by atoms with Gasteiger partial charge in [0.2, 0.25) is 5.91 Å². The Morgan fingerprint density at radius 2 is 2.10 bits per heavy atom. The van der Waals surface area contributed by atoms with Gasteiger partial charge < -0.3 is 10.2 Å². The highest BCUT2D eigenvalue weighted by Gasteiger charge is 2.16. The van der Waals surface area contributed by atoms with E-state index in [4.69, 9.17) is 0 Å². The monoisotopic (exact) mass is 284 g/mol. The molecule has 0 unspecified atom stereocenters. The van der Waals surface area contributed by atoms with Gasteiger partial charge in [-0.2, -0.15) is 0 Å². The van der Waals surface area contributed by atoms with Gasteiger partial charge >= 0.3 is 0 Å². The van der Waals surface area contributed by atoms with E-state index in [2.05, 4.69) is 17.3 Å². The van der Waals surface area contributed by atoms with Gasteiger partial charge in [-0.1, -0.05) is 18.2 Å². The van der Waals surface area contributed by atoms with Gasteiger partial charge in [0.25, 0.3) is 0 Å². The van der Waals surface area contributed by atoms with E-state index in [0.29, 0.717) is 5.56 Å². The van der Waals surface area contributed by atoms with Gasteiger partial charge in [0.05, 0.1) is 6.42 Å². The number of rotatable bonds is 3. The molecule has 0 fully saturated rings. The molecule has 0 saturated carbocycles. The zero-order chi connectivity index (χ0) is 14.8. The van der Waals surface area contributed by atoms with Crippen LogP contribution in [0, 0.1) is 5.82 Å². The van der Waals surface area contributed by atoms with Crippen molar-refractivity contribution in [3.63, 3.8) is 0 Å². The minimum absolute atomic E-state index is 0.0453. The fourth-order valence-corrected chi connectivity index (χ4v) is 2.66. The van der Waals surface area contributed by atoms with Crippen molar-refractivity contribution in [3.05, 3.63) is 59.4 Å². The maximum absolute atomic E-state index is 13.5. The summed E-state index contributed by atoms with van der Waals surface area (Å²) < 4.78 is 13.5. The van der Waals surface area contributed by atoms with E-state index in [1.807, 2.05) is 18.2 Å². The molecule has 0 radical (unpaired) electrons. The van der Waals surface area contributed by atoms with Crippen LogP contribution in [0.5, 0.6) is 0 Å². The molecule has 4 heteroatoms. The van der Waals surface area contributed by atoms with E-state index in [1.165, 1.54) is 17.3 Å². The van der Waals surface area contributed by atoms with Gasteiger partial charge in [-0.25, -0.2) is 4.39 Å². The lowest BCUT2D eigenvalue weighted by Crippen LogP contribution is -2.15. The minimum Gasteiger partial charge on any atom is -0.374 e. The number of likely N-dealkylation sites (N-methyl/N-ethyl adjacent to an activating group) is 1. The minimum atomic E-state index is -0.344. The Morgan fingerprint density at radius 3 is 2.90 bits per heavy atom. The van der Waals surface area contributed by atoms with Crippen molar-refractivity contribution in [2.24, 2.45) is 0 Å². The first-order chi connectivity index (χ1) is 10.1. The highest BCUT2D eigenvalue weighted by molar-refractivity contribution is 5.92. The number of anilines is 2. The van der Waals surface area contributed by atoms with Crippen LogP contribution < -0.4 is 10.2 Å². The molecule has 1 heterocycles. The number of benzene rings is 2. The number of halogens is 1. The first kappa shape index (κ1) is 13.6. The normalized spacial score (nSPS) is 13.1. The molecule has 21 heavy (non-hydrogen) atoms. The summed E-state index contributed by atoms with van der Waals surface area (Å²) in [6.07, 6.45) is 1.03. The molecule has 1 N–H and O–H groups in total. The quantitative estimate of drug-likeness (QED) is 0.939. The molecule has 1 aliphatic rings. The number of fused-ring (bicyclic) bond motifs is 1. The van der Waals surface area contributed by atoms with Crippen molar-refractivity contribution in [2.75, 3.05) is 23.8 Å². The molecule has 2 aromatic carbocycles. The highest BCUT2D eigenvalue weighted by atomic mass is 19.1. The van der Waals surface area contributed by atoms with Gasteiger partial charge in [0, 0.05) is 25.0 Å². The van der Waals surface area contributed by atoms with Crippen LogP contribution in [-0.2, 0) is 17.6 Å². The maximum atomic E-state index is 13.5. The van der Waals surface area contributed by atoms with Gasteiger partial charge in [-0.3, -0.25) is 4.79 Å². The van der Waals surface area contributed by atoms with Crippen molar-refractivity contribution in [1.82, 2.24) is 0 Å². The highest BCUT2D eigenvalue weighted by Crippen LogP contribution is 2.29. The Hall–Kier alpha value is -2.36. The molecule has 1 amide bonds. The van der Waals surface area contributed by atoms with Crippen LogP contribution in [0.3, 0.4) is 0 Å². The zero-order valence-corrected chi connectivity index (χ0v) is 11.9. The number of amides is 1. The summed E-state index contributed by atoms with van der Waals surface area (Å²) in [5.41, 5.74) is 3.63. The third kappa shape index (κ3) is 2.89. The van der Waals surface area contributed by atoms with Crippen LogP contribution in [0.25, 0.3) is 0 Å². The van der Waals surface area contributed by atoms with Crippen molar-refractivity contribution in [3.8, 4) is 0 Å². The van der Waals surface area contributed by atoms with E-state index < -0.39 is 0 Å². The summed E-state index contributed by atoms with van der Waals surface area (Å²) >= 11 is 0. The Labute approximate surface area is 123 Å². The summed E-state index contributed by atoms with van der Waals surface area (Å²) in [7, 11) is 2.06. The molecule has 0 bridgehead atoms. The predicted octanol–water partition coefficient (Wildman–Crippen LogP) is 3.00. The molecule has 108 valence electrons. The third-order valence-corrected chi connectivity index (χ3v) is 3.80. The second-order valence-corrected chi connectivity index (χ2v) is 5.33. The van der Waals surface area contributed by atoms with Crippen molar-refractivity contribution < 1.29 is 9.18 Å². The molecule has 3 nitrogen and oxygen atoms in total. The fraction of sp³-hybridized carbons (Fsp3) is 0.235. The smallest absolute Gasteiger partial charge is 0.228 e. The number of carbonyl (C=O) groups excluding carboxylic acids is 1. The number of carbonyl (C=O) groups is 1. The standard InChI is InChI=1S/C17H17FN2O/c1-20-9-8-13-10-14(6-7-16(13)20)19-17(21)11-12-4-2-3-5-15(12)18/h2-7,10H,8-9,11H2,1H3,(H,19,21). The molecule has 2 aromatic rings. The van der Waals surface area contributed by atoms with Crippen molar-refractivity contribution in [2.45, 2.75) is 12.8 Å². The molecule has 0 aromatic heterocycles. The van der Waals surface area contributed by atoms with Crippen LogP contribution in [0.2, 0.25) is 0 Å². The van der Waals surface area contributed by atoms with Crippen molar-refractivity contribution >= 4 is 17.3 Å². The summed E-state index contributed by atoms with van der Waals surface area (Å²) in [4.78, 5) is 14.2. The number of hydrogen-bond donors (Lipinski definition) is 1. The Balaban J connectivity index is 1.70. The molecule has 3 rings (SSSR count). The van der Waals surface area contributed by atoms with E-state index in [1.54, 1.807) is 18.2 Å². The third-order valence-electron chi connectivity index (χ3n) is 3.80. The zero-order valence-electron chi connectivity index (χ0n) is 11.9. The van der Waals surface area contributed by atoms with Gasteiger partial charge in [-0.15, -0.1) is 0 Å². The van der Waals surface area contributed by atoms with E-state index >= 15 is 0 Å². The number of hydrogen-bond acceptors (Lipinski definition) is 2. The molecule has 1 aliphatic heterocycles. The summed E-state index contributed by atoms with van der Waals surface area (Å²) in [6, 6.07) is 12.3. The van der Waals surface area contributed by atoms with E-state index in [9.17, 15) is 9.18 Å². The lowest BCUT2D eigenvalue weighted by atomic mass is 10.1. The first-order valence-corrected chi connectivity index (χ1v) is 7.01. The van der Waals surface area contributed by atoms with E-state index in [0.717, 1.165) is 18.7 Å². The summed E-state index contributed by atoms with van der Waals surface area (Å²) in [6.45, 7) is 1.00. The largest absolute Gasteiger partial charge is 0.374 e. The molecule has 0 saturated heterocycles. The predicted molar refractivity (Wildman–Crippen MR) is 82.1 cm³/mol. The fourth-order valence-electron chi connectivity index (χ4n) is 2.66. The van der Waals surface area contributed by atoms with Crippen LogP contribution >= 0.6 is 0 Å². The van der Waals surface area contributed by atoms with E-state index in [-0.39, 0.29) is 18.1 Å². The van der Waals surface area contributed by atoms with Crippen LogP contribution in [0.4, 0.5) is 15.8 Å². The average Bonchev–Trinajstić information content (AvgIpc) is 2.82. The van der Waals surface area contributed by atoms with Crippen LogP contribution in [0.1, 0.15) is 11.1 Å². The van der Waals surface area contributed by atoms with Crippen LogP contribution in [0.15, 0.2) is 42.5 Å². The first-order valence-electron chi connectivity index (χ1n) is 7.01. The molecule has 0 aliphatic carbocycles. The van der Waals surface area contributed by atoms with Gasteiger partial charge in [0.1, 0.15) is 5.82 Å². The summed E-state index contributed by atoms with van der Waals surface area (Å²) in [5, 5.41) is 2.84. The molecular weight excluding hydrogens is 267 g/mol. The molecular formula is C17H17FN2O. The van der Waals surface area contributed by atoms with Gasteiger partial charge in [0.15, 0.2) is 0 Å². The lowest BCUT2D eigenvalue weighted by Gasteiger charge is -2.12. The Morgan fingerprint density at radius 1 is 1.29 bits per heavy atom. The topological polar surface area (TPSA) is 32.3 Å². The average molecular weight is 284 g/mol. The van der Waals surface area contributed by atoms with Crippen molar-refractivity contribution in [1.29, 1.82) is 0 Å².